The lowest BCUT2D eigenvalue weighted by atomic mass is 9.84. The summed E-state index contributed by atoms with van der Waals surface area (Å²) < 4.78 is 35.9. The Bertz CT molecular complexity index is 4420. The molecule has 514 valence electrons. The van der Waals surface area contributed by atoms with Crippen LogP contribution in [0.25, 0.3) is 66.8 Å². The zero-order chi connectivity index (χ0) is 70.3. The van der Waals surface area contributed by atoms with E-state index >= 15 is 8.78 Å². The topological polar surface area (TPSA) is 58.5 Å². The minimum absolute atomic E-state index is 0.308. The predicted molar refractivity (Wildman–Crippen MR) is 425 cm³/mol. The first-order valence-corrected chi connectivity index (χ1v) is 37.2. The first-order valence-electron chi connectivity index (χ1n) is 37.2. The molecule has 0 aliphatic heterocycles. The molecule has 6 heteroatoms. The Morgan fingerprint density at radius 3 is 0.880 bits per heavy atom. The lowest BCUT2D eigenvalue weighted by molar-refractivity contribution is 0.380. The van der Waals surface area contributed by atoms with Gasteiger partial charge in [-0.15, -0.1) is 0 Å². The number of unbranched alkanes of at least 4 members (excludes halogenated alkanes) is 6. The molecule has 4 N–H and O–H groups in total. The molecule has 0 spiro atoms. The second kappa shape index (κ2) is 33.3. The molecule has 0 heterocycles. The van der Waals surface area contributed by atoms with Crippen molar-refractivity contribution in [1.82, 2.24) is 0 Å². The number of hydrogen-bond donors (Lipinski definition) is 2. The molecule has 0 aliphatic carbocycles. The Morgan fingerprint density at radius 1 is 0.310 bits per heavy atom. The highest BCUT2D eigenvalue weighted by molar-refractivity contribution is 5.85. The molecule has 0 saturated carbocycles. The van der Waals surface area contributed by atoms with Gasteiger partial charge < -0.3 is 21.3 Å². The summed E-state index contributed by atoms with van der Waals surface area (Å²) >= 11 is 0. The number of nitrogens with zero attached hydrogens (tertiary/aromatic N) is 2. The molecule has 11 rings (SSSR count). The number of rotatable bonds is 31. The van der Waals surface area contributed by atoms with Crippen molar-refractivity contribution >= 4 is 34.1 Å². The van der Waals surface area contributed by atoms with Crippen LogP contribution in [0.3, 0.4) is 0 Å². The maximum Gasteiger partial charge on any atom is 0.133 e. The van der Waals surface area contributed by atoms with Gasteiger partial charge in [0, 0.05) is 56.3 Å². The van der Waals surface area contributed by atoms with Crippen LogP contribution in [0.1, 0.15) is 173 Å². The van der Waals surface area contributed by atoms with Crippen LogP contribution in [-0.4, -0.2) is 0 Å². The van der Waals surface area contributed by atoms with Gasteiger partial charge in [0.1, 0.15) is 11.6 Å². The Morgan fingerprint density at radius 2 is 0.600 bits per heavy atom. The lowest BCUT2D eigenvalue weighted by Crippen LogP contribution is -2.34. The highest BCUT2D eigenvalue weighted by Gasteiger charge is 2.25. The van der Waals surface area contributed by atoms with Crippen molar-refractivity contribution in [3.05, 3.63) is 288 Å². The Labute approximate surface area is 597 Å². The van der Waals surface area contributed by atoms with Crippen LogP contribution >= 0.6 is 0 Å². The van der Waals surface area contributed by atoms with Crippen LogP contribution in [0.2, 0.25) is 0 Å². The molecular formula is C94H104F2N4. The molecule has 0 radical (unpaired) electrons. The Hall–Kier alpha value is -9.20. The fourth-order valence-electron chi connectivity index (χ4n) is 14.5. The first kappa shape index (κ1) is 72.1. The summed E-state index contributed by atoms with van der Waals surface area (Å²) in [6, 6.07) is 85.2. The van der Waals surface area contributed by atoms with E-state index in [0.717, 1.165) is 203 Å². The fourth-order valence-corrected chi connectivity index (χ4v) is 14.5. The monoisotopic (exact) mass is 1330 g/mol. The van der Waals surface area contributed by atoms with Crippen LogP contribution in [0, 0.1) is 17.6 Å². The van der Waals surface area contributed by atoms with Crippen LogP contribution in [0.5, 0.6) is 0 Å². The molecule has 4 nitrogen and oxygen atoms in total. The van der Waals surface area contributed by atoms with E-state index in [1.807, 2.05) is 12.1 Å². The van der Waals surface area contributed by atoms with E-state index in [4.69, 9.17) is 11.5 Å². The summed E-state index contributed by atoms with van der Waals surface area (Å²) in [6.45, 7) is 19.6. The number of benzene rings is 11. The van der Waals surface area contributed by atoms with E-state index < -0.39 is 11.1 Å². The van der Waals surface area contributed by atoms with Gasteiger partial charge in [-0.25, -0.2) is 8.78 Å². The van der Waals surface area contributed by atoms with Crippen LogP contribution in [0.4, 0.5) is 42.9 Å². The average Bonchev–Trinajstić information content (AvgIpc) is 0.769. The van der Waals surface area contributed by atoms with Crippen molar-refractivity contribution in [3.8, 4) is 66.8 Å². The van der Waals surface area contributed by atoms with Crippen molar-refractivity contribution in [3.63, 3.8) is 0 Å². The quantitative estimate of drug-likeness (QED) is 0.0425. The van der Waals surface area contributed by atoms with Crippen molar-refractivity contribution < 1.29 is 8.78 Å². The molecule has 11 aromatic rings. The second-order valence-corrected chi connectivity index (χ2v) is 28.8. The van der Waals surface area contributed by atoms with Gasteiger partial charge in [-0.05, 0) is 245 Å². The lowest BCUT2D eigenvalue weighted by Gasteiger charge is -2.27. The second-order valence-electron chi connectivity index (χ2n) is 28.8. The molecule has 100 heavy (non-hydrogen) atoms. The van der Waals surface area contributed by atoms with Crippen molar-refractivity contribution in [2.75, 3.05) is 9.80 Å². The van der Waals surface area contributed by atoms with E-state index in [-0.39, 0.29) is 11.6 Å². The zero-order valence-corrected chi connectivity index (χ0v) is 60.8. The zero-order valence-electron chi connectivity index (χ0n) is 60.8. The van der Waals surface area contributed by atoms with E-state index in [2.05, 4.69) is 291 Å². The summed E-state index contributed by atoms with van der Waals surface area (Å²) in [6.07, 6.45) is 15.9. The van der Waals surface area contributed by atoms with Gasteiger partial charge in [-0.3, -0.25) is 0 Å². The largest absolute Gasteiger partial charge is 0.322 e. The summed E-state index contributed by atoms with van der Waals surface area (Å²) in [4.78, 5) is 4.31. The van der Waals surface area contributed by atoms with Crippen molar-refractivity contribution in [1.29, 1.82) is 0 Å². The van der Waals surface area contributed by atoms with Gasteiger partial charge in [0.25, 0.3) is 0 Å². The fraction of sp³-hybridized carbons (Fsp3) is 0.298. The first-order chi connectivity index (χ1) is 48.5. The maximum atomic E-state index is 18.0. The van der Waals surface area contributed by atoms with Crippen LogP contribution in [0.15, 0.2) is 243 Å². The Kier molecular flexibility index (Phi) is 24.0. The third kappa shape index (κ3) is 17.3. The SMILES string of the molecule is CCCCCCc1cc(-c2ccc(N(c3ccc(-c4ccc(CCC)cc4)cc3)c3ccc(-c4ccc(C(C)(N)CC(C)C)cc4)cc3)cc2F)c(CCCCCC)cc1-c1ccc(N(c2ccc(-c3ccc(CCC)cc3)cc2)c2ccc(-c3ccc(C(C)(N)CC)cc3)cc2)cc1F. The minimum atomic E-state index is -0.422. The predicted octanol–water partition coefficient (Wildman–Crippen LogP) is 26.9. The summed E-state index contributed by atoms with van der Waals surface area (Å²) in [5.74, 6) is -0.139. The normalized spacial score (nSPS) is 12.7. The van der Waals surface area contributed by atoms with Crippen LogP contribution < -0.4 is 21.3 Å². The molecule has 0 amide bonds. The third-order valence-corrected chi connectivity index (χ3v) is 20.4. The minimum Gasteiger partial charge on any atom is -0.322 e. The van der Waals surface area contributed by atoms with Gasteiger partial charge in [-0.2, -0.15) is 0 Å². The summed E-state index contributed by atoms with van der Waals surface area (Å²) in [5, 5.41) is 0. The van der Waals surface area contributed by atoms with Crippen molar-refractivity contribution in [2.45, 2.75) is 176 Å². The van der Waals surface area contributed by atoms with E-state index in [1.165, 1.54) is 11.1 Å². The average molecular weight is 1330 g/mol. The van der Waals surface area contributed by atoms with E-state index in [9.17, 15) is 0 Å². The molecule has 0 aromatic heterocycles. The van der Waals surface area contributed by atoms with Gasteiger partial charge in [-0.1, -0.05) is 258 Å². The number of anilines is 6. The standard InChI is InChI=1S/C94H104F2N4/c1-10-15-17-19-23-77-62-90(88-60-58-86(64-92(88)96)100(82-51-39-74(40-52-82)70-31-27-68(22-13-4)28-32-70)84-55-43-76(44-56-84)72-35-47-80(48-36-72)94(9,98)65-66(6)7)78(24-20-18-16-11-2)61-89(77)87-59-57-85(63-91(87)95)99(81-49-37-73(38-50-81)69-29-25-67(21-12-3)26-30-69)83-53-41-75(42-54-83)71-33-45-79(46-34-71)93(8,97)14-5/h25-64,66H,10-24,65,97-98H2,1-9H3. The highest BCUT2D eigenvalue weighted by atomic mass is 19.1. The molecule has 0 aliphatic rings. The van der Waals surface area contributed by atoms with Gasteiger partial charge in [0.2, 0.25) is 0 Å². The third-order valence-electron chi connectivity index (χ3n) is 20.4. The summed E-state index contributed by atoms with van der Waals surface area (Å²) in [5.41, 5.74) is 36.4. The van der Waals surface area contributed by atoms with Crippen molar-refractivity contribution in [2.24, 2.45) is 17.4 Å². The molecule has 0 fully saturated rings. The molecule has 0 saturated heterocycles. The smallest absolute Gasteiger partial charge is 0.133 e. The van der Waals surface area contributed by atoms with Gasteiger partial charge in [0.15, 0.2) is 0 Å². The number of halogens is 2. The van der Waals surface area contributed by atoms with Gasteiger partial charge >= 0.3 is 0 Å². The molecule has 2 unspecified atom stereocenters. The van der Waals surface area contributed by atoms with E-state index in [0.29, 0.717) is 28.4 Å². The molecular weight excluding hydrogens is 1220 g/mol. The number of nitrogens with two attached hydrogens (primary N) is 2. The molecule has 11 aromatic carbocycles. The number of hydrogen-bond acceptors (Lipinski definition) is 4. The molecule has 0 bridgehead atoms. The number of aryl methyl sites for hydroxylation is 4. The van der Waals surface area contributed by atoms with Gasteiger partial charge in [0.05, 0.1) is 0 Å². The van der Waals surface area contributed by atoms with E-state index in [1.54, 1.807) is 12.1 Å². The molecule has 2 atom stereocenters. The maximum absolute atomic E-state index is 18.0. The summed E-state index contributed by atoms with van der Waals surface area (Å²) in [7, 11) is 0. The van der Waals surface area contributed by atoms with Crippen LogP contribution in [-0.2, 0) is 36.8 Å². The Balaban J connectivity index is 0.971. The highest BCUT2D eigenvalue weighted by Crippen LogP contribution is 2.44.